The molecule has 1 fully saturated rings. The van der Waals surface area contributed by atoms with Gasteiger partial charge in [-0.2, -0.15) is 0 Å². The van der Waals surface area contributed by atoms with Crippen LogP contribution in [0.2, 0.25) is 0 Å². The molecule has 0 aliphatic heterocycles. The minimum atomic E-state index is -0.266. The number of carbonyl (C=O) groups excluding carboxylic acids is 1. The van der Waals surface area contributed by atoms with Crippen LogP contribution in [0.4, 0.5) is 0 Å². The highest BCUT2D eigenvalue weighted by atomic mass is 16.5. The van der Waals surface area contributed by atoms with Crippen molar-refractivity contribution in [2.45, 2.75) is 25.3 Å². The number of nitrogens with zero attached hydrogens (tertiary/aromatic N) is 2. The molecular weight excluding hydrogens is 260 g/mol. The second-order valence-corrected chi connectivity index (χ2v) is 4.70. The molecule has 1 aliphatic carbocycles. The summed E-state index contributed by atoms with van der Waals surface area (Å²) in [5.74, 6) is 0.0403. The van der Waals surface area contributed by atoms with Gasteiger partial charge in [-0.1, -0.05) is 11.6 Å². The smallest absolute Gasteiger partial charge is 0.257 e. The minimum absolute atomic E-state index is 0.133. The molecule has 2 unspecified atom stereocenters. The summed E-state index contributed by atoms with van der Waals surface area (Å²) in [7, 11) is 1.47. The number of oxime groups is 1. The number of amides is 1. The molecule has 0 bridgehead atoms. The Morgan fingerprint density at radius 3 is 3.10 bits per heavy atom. The van der Waals surface area contributed by atoms with Crippen molar-refractivity contribution < 1.29 is 14.7 Å². The first-order valence-corrected chi connectivity index (χ1v) is 6.44. The quantitative estimate of drug-likeness (QED) is 0.325. The van der Waals surface area contributed by atoms with Gasteiger partial charge in [-0.3, -0.25) is 4.79 Å². The third-order valence-corrected chi connectivity index (χ3v) is 3.54. The molecule has 1 aromatic rings. The van der Waals surface area contributed by atoms with E-state index in [2.05, 4.69) is 15.5 Å². The van der Waals surface area contributed by atoms with Crippen LogP contribution in [0.1, 0.15) is 29.6 Å². The monoisotopic (exact) mass is 278 g/mol. The molecule has 2 atom stereocenters. The lowest BCUT2D eigenvalue weighted by molar-refractivity contribution is 0.0929. The summed E-state index contributed by atoms with van der Waals surface area (Å²) >= 11 is 0. The number of rotatable bonds is 4. The highest BCUT2D eigenvalue weighted by molar-refractivity contribution is 5.97. The topological polar surface area (TPSA) is 110 Å². The van der Waals surface area contributed by atoms with Crippen LogP contribution in [0.3, 0.4) is 0 Å². The molecule has 2 rings (SSSR count). The molecule has 108 valence electrons. The van der Waals surface area contributed by atoms with Gasteiger partial charge in [0.05, 0.1) is 7.11 Å². The van der Waals surface area contributed by atoms with Crippen LogP contribution in [0, 0.1) is 5.92 Å². The van der Waals surface area contributed by atoms with Gasteiger partial charge in [0, 0.05) is 18.2 Å². The van der Waals surface area contributed by atoms with Gasteiger partial charge in [0.15, 0.2) is 0 Å². The predicted molar refractivity (Wildman–Crippen MR) is 72.8 cm³/mol. The maximum atomic E-state index is 12.3. The van der Waals surface area contributed by atoms with Gasteiger partial charge in [0.25, 0.3) is 5.91 Å². The second kappa shape index (κ2) is 6.23. The lowest BCUT2D eigenvalue weighted by atomic mass is 10.0. The van der Waals surface area contributed by atoms with Crippen LogP contribution in [-0.4, -0.2) is 35.1 Å². The van der Waals surface area contributed by atoms with Crippen molar-refractivity contribution >= 4 is 11.7 Å². The Labute approximate surface area is 116 Å². The highest BCUT2D eigenvalue weighted by Crippen LogP contribution is 2.26. The zero-order valence-electron chi connectivity index (χ0n) is 11.2. The van der Waals surface area contributed by atoms with Crippen molar-refractivity contribution in [3.05, 3.63) is 23.9 Å². The molecule has 1 amide bonds. The fraction of sp³-hybridized carbons (Fsp3) is 0.462. The fourth-order valence-electron chi connectivity index (χ4n) is 2.53. The number of nitrogens with one attached hydrogen (secondary N) is 1. The lowest BCUT2D eigenvalue weighted by Crippen LogP contribution is -2.42. The van der Waals surface area contributed by atoms with Crippen molar-refractivity contribution in [1.29, 1.82) is 0 Å². The van der Waals surface area contributed by atoms with E-state index in [0.717, 1.165) is 19.3 Å². The van der Waals surface area contributed by atoms with E-state index in [9.17, 15) is 4.79 Å². The van der Waals surface area contributed by atoms with Crippen molar-refractivity contribution in [3.8, 4) is 5.88 Å². The summed E-state index contributed by atoms with van der Waals surface area (Å²) in [6.45, 7) is 0. The molecule has 0 spiro atoms. The van der Waals surface area contributed by atoms with Crippen LogP contribution in [0.5, 0.6) is 5.88 Å². The largest absolute Gasteiger partial charge is 0.480 e. The number of carbonyl (C=O) groups is 1. The Morgan fingerprint density at radius 2 is 2.40 bits per heavy atom. The standard InChI is InChI=1S/C13H18N4O3/c1-20-13-9(5-3-7-15-13)12(18)16-10-6-2-4-8(10)11(14)17-19/h3,5,7-8,10,19H,2,4,6H2,1H3,(H2,14,17)(H,16,18). The maximum absolute atomic E-state index is 12.3. The average molecular weight is 278 g/mol. The Morgan fingerprint density at radius 1 is 1.60 bits per heavy atom. The maximum Gasteiger partial charge on any atom is 0.257 e. The Kier molecular flexibility index (Phi) is 4.39. The van der Waals surface area contributed by atoms with E-state index in [1.165, 1.54) is 7.11 Å². The molecule has 7 heteroatoms. The van der Waals surface area contributed by atoms with E-state index in [0.29, 0.717) is 5.56 Å². The molecule has 1 aliphatic rings. The summed E-state index contributed by atoms with van der Waals surface area (Å²) in [6.07, 6.45) is 4.08. The molecule has 7 nitrogen and oxygen atoms in total. The summed E-state index contributed by atoms with van der Waals surface area (Å²) in [5.41, 5.74) is 6.03. The first-order valence-electron chi connectivity index (χ1n) is 6.44. The van der Waals surface area contributed by atoms with Crippen LogP contribution in [-0.2, 0) is 0 Å². The normalized spacial score (nSPS) is 22.6. The van der Waals surface area contributed by atoms with E-state index in [1.54, 1.807) is 18.3 Å². The molecule has 1 heterocycles. The third kappa shape index (κ3) is 2.81. The number of ether oxygens (including phenoxy) is 1. The van der Waals surface area contributed by atoms with Gasteiger partial charge in [-0.05, 0) is 25.0 Å². The van der Waals surface area contributed by atoms with Crippen LogP contribution in [0.25, 0.3) is 0 Å². The number of hydrogen-bond acceptors (Lipinski definition) is 5. The van der Waals surface area contributed by atoms with Gasteiger partial charge < -0.3 is 21.0 Å². The van der Waals surface area contributed by atoms with E-state index in [1.807, 2.05) is 0 Å². The zero-order chi connectivity index (χ0) is 14.5. The van der Waals surface area contributed by atoms with E-state index in [-0.39, 0.29) is 29.6 Å². The second-order valence-electron chi connectivity index (χ2n) is 4.70. The van der Waals surface area contributed by atoms with Crippen LogP contribution < -0.4 is 15.8 Å². The number of pyridine rings is 1. The number of methoxy groups -OCH3 is 1. The van der Waals surface area contributed by atoms with Gasteiger partial charge >= 0.3 is 0 Å². The Bertz CT molecular complexity index is 518. The SMILES string of the molecule is COc1ncccc1C(=O)NC1CCCC1C(N)=NO. The van der Waals surface area contributed by atoms with Crippen LogP contribution >= 0.6 is 0 Å². The van der Waals surface area contributed by atoms with Crippen molar-refractivity contribution in [1.82, 2.24) is 10.3 Å². The summed E-state index contributed by atoms with van der Waals surface area (Å²) in [5, 5.41) is 14.7. The van der Waals surface area contributed by atoms with Gasteiger partial charge in [0.2, 0.25) is 5.88 Å². The summed E-state index contributed by atoms with van der Waals surface area (Å²) in [6, 6.07) is 3.19. The molecule has 1 saturated carbocycles. The zero-order valence-corrected chi connectivity index (χ0v) is 11.2. The number of hydrogen-bond donors (Lipinski definition) is 3. The first-order chi connectivity index (χ1) is 9.67. The van der Waals surface area contributed by atoms with Crippen molar-refractivity contribution in [2.75, 3.05) is 7.11 Å². The molecular formula is C13H18N4O3. The van der Waals surface area contributed by atoms with E-state index in [4.69, 9.17) is 15.7 Å². The Hall–Kier alpha value is -2.31. The van der Waals surface area contributed by atoms with Gasteiger partial charge in [-0.25, -0.2) is 4.98 Å². The number of aromatic nitrogens is 1. The lowest BCUT2D eigenvalue weighted by Gasteiger charge is -2.20. The van der Waals surface area contributed by atoms with Crippen molar-refractivity contribution in [3.63, 3.8) is 0 Å². The molecule has 0 saturated heterocycles. The summed E-state index contributed by atoms with van der Waals surface area (Å²) in [4.78, 5) is 16.3. The highest BCUT2D eigenvalue weighted by Gasteiger charge is 2.32. The van der Waals surface area contributed by atoms with E-state index < -0.39 is 0 Å². The first kappa shape index (κ1) is 14.1. The molecule has 1 aromatic heterocycles. The minimum Gasteiger partial charge on any atom is -0.480 e. The molecule has 0 radical (unpaired) electrons. The van der Waals surface area contributed by atoms with Gasteiger partial charge in [-0.15, -0.1) is 0 Å². The summed E-state index contributed by atoms with van der Waals surface area (Å²) < 4.78 is 5.07. The van der Waals surface area contributed by atoms with Crippen LogP contribution in [0.15, 0.2) is 23.5 Å². The molecule has 0 aromatic carbocycles. The van der Waals surface area contributed by atoms with E-state index >= 15 is 0 Å². The molecule has 20 heavy (non-hydrogen) atoms. The number of nitrogens with two attached hydrogens (primary N) is 1. The fourth-order valence-corrected chi connectivity index (χ4v) is 2.53. The average Bonchev–Trinajstić information content (AvgIpc) is 2.94. The van der Waals surface area contributed by atoms with Crippen molar-refractivity contribution in [2.24, 2.45) is 16.8 Å². The van der Waals surface area contributed by atoms with Gasteiger partial charge in [0.1, 0.15) is 11.4 Å². The predicted octanol–water partition coefficient (Wildman–Crippen LogP) is 0.735. The Balaban J connectivity index is 2.11. The third-order valence-electron chi connectivity index (χ3n) is 3.54. The molecule has 4 N–H and O–H groups in total. The number of amidine groups is 1.